The molecular formula is C20H24N4O3. The van der Waals surface area contributed by atoms with Crippen molar-refractivity contribution < 1.29 is 14.3 Å². The Bertz CT molecular complexity index is 791. The van der Waals surface area contributed by atoms with Gasteiger partial charge < -0.3 is 20.7 Å². The number of aromatic nitrogens is 1. The predicted octanol–water partition coefficient (Wildman–Crippen LogP) is 0.768. The smallest absolute Gasteiger partial charge is 0.252 e. The van der Waals surface area contributed by atoms with Crippen LogP contribution in [0.2, 0.25) is 0 Å². The highest BCUT2D eigenvalue weighted by Gasteiger charge is 2.44. The summed E-state index contributed by atoms with van der Waals surface area (Å²) in [6.07, 6.45) is 3.77. The topological polar surface area (TPSA) is 92.4 Å². The summed E-state index contributed by atoms with van der Waals surface area (Å²) in [7, 11) is 1.63. The molecule has 2 amide bonds. The minimum atomic E-state index is -0.459. The van der Waals surface area contributed by atoms with E-state index in [4.69, 9.17) is 4.74 Å². The van der Waals surface area contributed by atoms with Gasteiger partial charge >= 0.3 is 0 Å². The lowest BCUT2D eigenvalue weighted by Crippen LogP contribution is -2.63. The quantitative estimate of drug-likeness (QED) is 0.599. The number of carbonyl (C=O) groups is 2. The molecule has 0 spiro atoms. The third-order valence-corrected chi connectivity index (χ3v) is 4.70. The average molecular weight is 368 g/mol. The average Bonchev–Trinajstić information content (AvgIpc) is 2.68. The minimum absolute atomic E-state index is 0.000281. The number of benzene rings is 1. The van der Waals surface area contributed by atoms with Crippen molar-refractivity contribution in [1.82, 2.24) is 20.9 Å². The molecule has 0 unspecified atom stereocenters. The lowest BCUT2D eigenvalue weighted by molar-refractivity contribution is -0.133. The Morgan fingerprint density at radius 3 is 2.67 bits per heavy atom. The normalized spacial score (nSPS) is 14.7. The minimum Gasteiger partial charge on any atom is -0.497 e. The Labute approximate surface area is 158 Å². The number of nitrogens with zero attached hydrogens (tertiary/aromatic N) is 1. The standard InChI is InChI=1S/C20H24N4O3/c1-27-17-6-2-4-15(10-17)11-20(13-22-14-20)19(26)24-9-8-23-18(25)16-5-3-7-21-12-16/h2-7,10,12,22H,8-9,11,13-14H2,1H3,(H,23,25)(H,24,26). The van der Waals surface area contributed by atoms with E-state index in [0.717, 1.165) is 11.3 Å². The molecular weight excluding hydrogens is 344 g/mol. The first kappa shape index (κ1) is 18.8. The third kappa shape index (κ3) is 4.62. The molecule has 142 valence electrons. The van der Waals surface area contributed by atoms with Gasteiger partial charge in [-0.15, -0.1) is 0 Å². The van der Waals surface area contributed by atoms with Crippen molar-refractivity contribution in [3.05, 3.63) is 59.9 Å². The lowest BCUT2D eigenvalue weighted by Gasteiger charge is -2.41. The largest absolute Gasteiger partial charge is 0.497 e. The SMILES string of the molecule is COc1cccc(CC2(C(=O)NCCNC(=O)c3cccnc3)CNC2)c1. The van der Waals surface area contributed by atoms with Crippen LogP contribution in [0.1, 0.15) is 15.9 Å². The van der Waals surface area contributed by atoms with Crippen molar-refractivity contribution in [2.45, 2.75) is 6.42 Å². The Morgan fingerprint density at radius 1 is 1.19 bits per heavy atom. The number of methoxy groups -OCH3 is 1. The molecule has 1 aromatic heterocycles. The van der Waals surface area contributed by atoms with E-state index in [9.17, 15) is 9.59 Å². The van der Waals surface area contributed by atoms with E-state index in [-0.39, 0.29) is 11.8 Å². The molecule has 0 bridgehead atoms. The maximum Gasteiger partial charge on any atom is 0.252 e. The van der Waals surface area contributed by atoms with Crippen LogP contribution < -0.4 is 20.7 Å². The number of rotatable bonds is 8. The Kier molecular flexibility index (Phi) is 6.03. The summed E-state index contributed by atoms with van der Waals surface area (Å²) in [4.78, 5) is 28.6. The fourth-order valence-corrected chi connectivity index (χ4v) is 3.10. The second-order valence-corrected chi connectivity index (χ2v) is 6.67. The van der Waals surface area contributed by atoms with Crippen molar-refractivity contribution in [2.24, 2.45) is 5.41 Å². The van der Waals surface area contributed by atoms with Crippen molar-refractivity contribution in [2.75, 3.05) is 33.3 Å². The van der Waals surface area contributed by atoms with Gasteiger partial charge in [0.15, 0.2) is 0 Å². The fourth-order valence-electron chi connectivity index (χ4n) is 3.10. The zero-order valence-corrected chi connectivity index (χ0v) is 15.3. The van der Waals surface area contributed by atoms with Crippen molar-refractivity contribution in [3.8, 4) is 5.75 Å². The molecule has 1 aromatic carbocycles. The van der Waals surface area contributed by atoms with E-state index in [0.29, 0.717) is 38.2 Å². The van der Waals surface area contributed by atoms with Gasteiger partial charge in [0.1, 0.15) is 5.75 Å². The maximum atomic E-state index is 12.7. The van der Waals surface area contributed by atoms with Crippen LogP contribution >= 0.6 is 0 Å². The van der Waals surface area contributed by atoms with E-state index in [2.05, 4.69) is 20.9 Å². The highest BCUT2D eigenvalue weighted by Crippen LogP contribution is 2.29. The van der Waals surface area contributed by atoms with Gasteiger partial charge in [0, 0.05) is 38.6 Å². The highest BCUT2D eigenvalue weighted by atomic mass is 16.5. The summed E-state index contributed by atoms with van der Waals surface area (Å²) in [6.45, 7) is 2.02. The number of amides is 2. The third-order valence-electron chi connectivity index (χ3n) is 4.70. The molecule has 7 nitrogen and oxygen atoms in total. The van der Waals surface area contributed by atoms with Gasteiger partial charge in [-0.3, -0.25) is 14.6 Å². The number of hydrogen-bond acceptors (Lipinski definition) is 5. The predicted molar refractivity (Wildman–Crippen MR) is 102 cm³/mol. The maximum absolute atomic E-state index is 12.7. The number of carbonyl (C=O) groups excluding carboxylic acids is 2. The number of hydrogen-bond donors (Lipinski definition) is 3. The first-order valence-electron chi connectivity index (χ1n) is 8.93. The molecule has 27 heavy (non-hydrogen) atoms. The highest BCUT2D eigenvalue weighted by molar-refractivity contribution is 5.93. The van der Waals surface area contributed by atoms with Crippen LogP contribution in [0.4, 0.5) is 0 Å². The number of nitrogens with one attached hydrogen (secondary N) is 3. The van der Waals surface area contributed by atoms with Gasteiger partial charge in [-0.2, -0.15) is 0 Å². The summed E-state index contributed by atoms with van der Waals surface area (Å²) >= 11 is 0. The van der Waals surface area contributed by atoms with Gasteiger partial charge in [-0.25, -0.2) is 0 Å². The molecule has 2 heterocycles. The van der Waals surface area contributed by atoms with Gasteiger partial charge in [0.2, 0.25) is 5.91 Å². The van der Waals surface area contributed by atoms with E-state index < -0.39 is 5.41 Å². The molecule has 2 aromatic rings. The molecule has 7 heteroatoms. The van der Waals surface area contributed by atoms with Crippen LogP contribution in [-0.2, 0) is 11.2 Å². The molecule has 0 atom stereocenters. The molecule has 1 aliphatic heterocycles. The van der Waals surface area contributed by atoms with E-state index in [1.54, 1.807) is 25.4 Å². The van der Waals surface area contributed by atoms with Crippen LogP contribution in [0.25, 0.3) is 0 Å². The molecule has 1 saturated heterocycles. The van der Waals surface area contributed by atoms with Crippen LogP contribution in [-0.4, -0.2) is 50.1 Å². The van der Waals surface area contributed by atoms with Gasteiger partial charge in [-0.05, 0) is 36.2 Å². The molecule has 1 fully saturated rings. The molecule has 0 radical (unpaired) electrons. The summed E-state index contributed by atoms with van der Waals surface area (Å²) in [5.41, 5.74) is 1.11. The van der Waals surface area contributed by atoms with Crippen LogP contribution in [0.15, 0.2) is 48.8 Å². The summed E-state index contributed by atoms with van der Waals surface area (Å²) in [5.74, 6) is 0.585. The van der Waals surface area contributed by atoms with Gasteiger partial charge in [0.25, 0.3) is 5.91 Å². The summed E-state index contributed by atoms with van der Waals surface area (Å²) in [5, 5.41) is 8.91. The zero-order valence-electron chi connectivity index (χ0n) is 15.3. The Balaban J connectivity index is 1.49. The van der Waals surface area contributed by atoms with Crippen molar-refractivity contribution >= 4 is 11.8 Å². The second kappa shape index (κ2) is 8.64. The monoisotopic (exact) mass is 368 g/mol. The Morgan fingerprint density at radius 2 is 2.00 bits per heavy atom. The van der Waals surface area contributed by atoms with E-state index >= 15 is 0 Å². The van der Waals surface area contributed by atoms with Crippen molar-refractivity contribution in [1.29, 1.82) is 0 Å². The van der Waals surface area contributed by atoms with Crippen LogP contribution in [0, 0.1) is 5.41 Å². The summed E-state index contributed by atoms with van der Waals surface area (Å²) < 4.78 is 5.26. The Hall–Kier alpha value is -2.93. The van der Waals surface area contributed by atoms with E-state index in [1.807, 2.05) is 24.3 Å². The second-order valence-electron chi connectivity index (χ2n) is 6.67. The first-order valence-corrected chi connectivity index (χ1v) is 8.93. The van der Waals surface area contributed by atoms with Crippen LogP contribution in [0.5, 0.6) is 5.75 Å². The molecule has 3 rings (SSSR count). The molecule has 3 N–H and O–H groups in total. The van der Waals surface area contributed by atoms with Crippen molar-refractivity contribution in [3.63, 3.8) is 0 Å². The molecule has 0 aliphatic carbocycles. The lowest BCUT2D eigenvalue weighted by atomic mass is 9.75. The number of ether oxygens (including phenoxy) is 1. The van der Waals surface area contributed by atoms with Gasteiger partial charge in [-0.1, -0.05) is 12.1 Å². The first-order chi connectivity index (χ1) is 13.1. The molecule has 1 aliphatic rings. The van der Waals surface area contributed by atoms with Crippen LogP contribution in [0.3, 0.4) is 0 Å². The van der Waals surface area contributed by atoms with E-state index in [1.165, 1.54) is 6.20 Å². The van der Waals surface area contributed by atoms with Gasteiger partial charge in [0.05, 0.1) is 18.1 Å². The number of pyridine rings is 1. The fraction of sp³-hybridized carbons (Fsp3) is 0.350. The zero-order chi connectivity index (χ0) is 19.1. The summed E-state index contributed by atoms with van der Waals surface area (Å²) in [6, 6.07) is 11.2. The molecule has 0 saturated carbocycles.